The molecule has 3 rings (SSSR count). The molecule has 9 nitrogen and oxygen atoms in total. The number of carbonyl (C=O) groups is 3. The number of pyridine rings is 1. The molecule has 1 fully saturated rings. The van der Waals surface area contributed by atoms with Gasteiger partial charge < -0.3 is 20.3 Å². The van der Waals surface area contributed by atoms with Gasteiger partial charge in [0.05, 0.1) is 5.69 Å². The van der Waals surface area contributed by atoms with E-state index < -0.39 is 17.9 Å². The minimum atomic E-state index is -0.739. The smallest absolute Gasteiger partial charge is 0.270 e. The van der Waals surface area contributed by atoms with Crippen molar-refractivity contribution >= 4 is 23.4 Å². The number of nitrogens with one attached hydrogen (secondary N) is 3. The first kappa shape index (κ1) is 18.7. The second-order valence-electron chi connectivity index (χ2n) is 5.68. The van der Waals surface area contributed by atoms with E-state index >= 15 is 0 Å². The summed E-state index contributed by atoms with van der Waals surface area (Å²) in [6.45, 7) is 3.64. The van der Waals surface area contributed by atoms with Gasteiger partial charge in [0.1, 0.15) is 11.7 Å². The molecule has 149 valence electrons. The minimum Gasteiger partial charge on any atom is -0.514 e. The van der Waals surface area contributed by atoms with E-state index in [9.17, 15) is 14.4 Å². The van der Waals surface area contributed by atoms with Crippen LogP contribution in [0.25, 0.3) is 0 Å². The zero-order chi connectivity index (χ0) is 17.8. The predicted molar refractivity (Wildman–Crippen MR) is 88.4 cm³/mol. The molecule has 10 heteroatoms. The van der Waals surface area contributed by atoms with Gasteiger partial charge in [0, 0.05) is 6.42 Å². The predicted octanol–water partition coefficient (Wildman–Crippen LogP) is -0.642. The molecule has 3 N–H and O–H groups in total. The maximum absolute atomic E-state index is 12.3. The molecule has 3 heterocycles. The van der Waals surface area contributed by atoms with Crippen LogP contribution in [-0.2, 0) is 9.59 Å². The third-order valence-electron chi connectivity index (χ3n) is 3.97. The Hall–Kier alpha value is -3.68. The SMILES string of the molecule is [CH2-]NCCN1[CH-]COc2nc(C(=O)N[C@H]3CCC(=O)NC3=O)ccc21.[Lr]. The maximum Gasteiger partial charge on any atom is 0.270 e. The van der Waals surface area contributed by atoms with Gasteiger partial charge in [0.2, 0.25) is 17.7 Å². The molecule has 1 aromatic rings. The first-order chi connectivity index (χ1) is 12.1. The molecule has 1 aromatic heterocycles. The van der Waals surface area contributed by atoms with E-state index in [1.165, 1.54) is 0 Å². The first-order valence-corrected chi connectivity index (χ1v) is 7.97. The molecule has 3 amide bonds. The quantitative estimate of drug-likeness (QED) is 0.302. The van der Waals surface area contributed by atoms with E-state index in [1.807, 2.05) is 11.4 Å². The van der Waals surface area contributed by atoms with Crippen molar-refractivity contribution in [1.29, 1.82) is 0 Å². The molecule has 0 spiro atoms. The molecule has 26 heavy (non-hydrogen) atoms. The Balaban J connectivity index is 0.00000243. The maximum atomic E-state index is 12.3. The minimum absolute atomic E-state index is 0. The zero-order valence-electron chi connectivity index (χ0n) is 13.8. The topological polar surface area (TPSA) is 113 Å². The summed E-state index contributed by atoms with van der Waals surface area (Å²) >= 11 is 0. The molecule has 2 aliphatic rings. The monoisotopic (exact) mass is 607 g/mol. The van der Waals surface area contributed by atoms with Crippen molar-refractivity contribution in [2.45, 2.75) is 18.9 Å². The van der Waals surface area contributed by atoms with Crippen LogP contribution in [0.15, 0.2) is 12.1 Å². The fraction of sp³-hybridized carbons (Fsp3) is 0.375. The number of aromatic nitrogens is 1. The number of ether oxygens (including phenoxy) is 1. The fourth-order valence-corrected chi connectivity index (χ4v) is 2.66. The summed E-state index contributed by atoms with van der Waals surface area (Å²) in [6.07, 6.45) is 0.473. The number of amides is 3. The molecule has 0 bridgehead atoms. The Bertz CT molecular complexity index is 699. The number of nitrogens with zero attached hydrogens (tertiary/aromatic N) is 2. The number of hydrogen-bond acceptors (Lipinski definition) is 7. The number of fused-ring (bicyclic) bond motifs is 1. The van der Waals surface area contributed by atoms with Crippen LogP contribution in [-0.4, -0.2) is 48.4 Å². The van der Waals surface area contributed by atoms with Gasteiger partial charge in [-0.1, -0.05) is 0 Å². The van der Waals surface area contributed by atoms with E-state index in [2.05, 4.69) is 28.0 Å². The molecular weight excluding hydrogens is 588 g/mol. The Morgan fingerprint density at radius 3 is 3.00 bits per heavy atom. The Morgan fingerprint density at radius 1 is 1.46 bits per heavy atom. The van der Waals surface area contributed by atoms with Gasteiger partial charge in [-0.05, 0) is 38.2 Å². The van der Waals surface area contributed by atoms with Crippen LogP contribution in [0.3, 0.4) is 0 Å². The van der Waals surface area contributed by atoms with Crippen LogP contribution in [0, 0.1) is 13.6 Å². The van der Waals surface area contributed by atoms with Crippen molar-refractivity contribution in [3.8, 4) is 5.88 Å². The van der Waals surface area contributed by atoms with Crippen LogP contribution < -0.4 is 25.6 Å². The molecule has 1 saturated heterocycles. The second-order valence-corrected chi connectivity index (χ2v) is 5.68. The summed E-state index contributed by atoms with van der Waals surface area (Å²) < 4.78 is 5.50. The molecule has 0 saturated carbocycles. The molecule has 0 aliphatic carbocycles. The number of anilines is 1. The van der Waals surface area contributed by atoms with Crippen molar-refractivity contribution in [1.82, 2.24) is 20.9 Å². The van der Waals surface area contributed by atoms with Crippen molar-refractivity contribution in [2.24, 2.45) is 0 Å². The largest absolute Gasteiger partial charge is 0.514 e. The van der Waals surface area contributed by atoms with Gasteiger partial charge in [-0.25, -0.2) is 11.5 Å². The van der Waals surface area contributed by atoms with Gasteiger partial charge in [0.25, 0.3) is 5.91 Å². The zero-order valence-corrected chi connectivity index (χ0v) is 16.0. The Morgan fingerprint density at radius 2 is 2.27 bits per heavy atom. The van der Waals surface area contributed by atoms with E-state index in [0.29, 0.717) is 25.6 Å². The summed E-state index contributed by atoms with van der Waals surface area (Å²) in [5, 5.41) is 7.63. The van der Waals surface area contributed by atoms with Crippen molar-refractivity contribution in [3.05, 3.63) is 31.4 Å². The molecule has 2 aliphatic heterocycles. The summed E-state index contributed by atoms with van der Waals surface area (Å²) in [5.41, 5.74) is 0.916. The first-order valence-electron chi connectivity index (χ1n) is 7.97. The van der Waals surface area contributed by atoms with Gasteiger partial charge in [-0.15, -0.1) is 0 Å². The van der Waals surface area contributed by atoms with Crippen LogP contribution in [0.2, 0.25) is 0 Å². The third-order valence-corrected chi connectivity index (χ3v) is 3.97. The number of carbonyl (C=O) groups excluding carboxylic acids is 3. The molecule has 1 radical (unpaired) electrons. The Kier molecular flexibility index (Phi) is 5.69. The van der Waals surface area contributed by atoms with E-state index in [4.69, 9.17) is 4.74 Å². The summed E-state index contributed by atoms with van der Waals surface area (Å²) in [4.78, 5) is 41.5. The van der Waals surface area contributed by atoms with Crippen LogP contribution in [0.5, 0.6) is 5.88 Å². The molecule has 1 atom stereocenters. The van der Waals surface area contributed by atoms with E-state index in [1.54, 1.807) is 12.1 Å². The van der Waals surface area contributed by atoms with Crippen molar-refractivity contribution in [2.75, 3.05) is 24.6 Å². The van der Waals surface area contributed by atoms with Gasteiger partial charge in [0.15, 0.2) is 0 Å². The normalized spacial score (nSPS) is 19.0. The summed E-state index contributed by atoms with van der Waals surface area (Å²) in [5.74, 6) is -0.951. The second kappa shape index (κ2) is 7.93. The van der Waals surface area contributed by atoms with Crippen LogP contribution in [0.1, 0.15) is 23.3 Å². The molecule has 0 aromatic carbocycles. The van der Waals surface area contributed by atoms with Gasteiger partial charge in [-0.2, -0.15) is 0 Å². The van der Waals surface area contributed by atoms with Gasteiger partial charge in [-0.3, -0.25) is 26.7 Å². The average molecular weight is 607 g/mol. The van der Waals surface area contributed by atoms with Crippen LogP contribution in [0.4, 0.5) is 5.69 Å². The fourth-order valence-electron chi connectivity index (χ4n) is 2.66. The number of rotatable bonds is 5. The van der Waals surface area contributed by atoms with Gasteiger partial charge >= 0.3 is 0 Å². The average Bonchev–Trinajstić information content (AvgIpc) is 2.61. The Labute approximate surface area is 145 Å². The molecular formula is C16H19LrN5O4-2. The van der Waals surface area contributed by atoms with Crippen LogP contribution >= 0.6 is 0 Å². The standard InChI is InChI=1S/C16H19N5O4.Lr/c1-17-6-7-21-8-9-25-16-12(21)4-2-11(19-16)14(23)18-10-3-5-13(22)20-15(10)24;/h2,4,8,10,17H,1,3,5-7,9H2,(H,18,23)(H,20,22,24);/q-2;/t10-;/m0./s1. The number of hydrogen-bond donors (Lipinski definition) is 3. The summed E-state index contributed by atoms with van der Waals surface area (Å²) in [6, 6.07) is 2.59. The van der Waals surface area contributed by atoms with E-state index in [-0.39, 0.29) is 24.4 Å². The van der Waals surface area contributed by atoms with Crippen molar-refractivity contribution in [3.63, 3.8) is 0 Å². The third kappa shape index (κ3) is 3.86. The summed E-state index contributed by atoms with van der Waals surface area (Å²) in [7, 11) is 3.59. The molecule has 0 unspecified atom stereocenters. The number of imide groups is 1. The van der Waals surface area contributed by atoms with Crippen molar-refractivity contribution < 1.29 is 19.1 Å². The van der Waals surface area contributed by atoms with E-state index in [0.717, 1.165) is 5.69 Å². The number of piperidine rings is 1.